The molecule has 0 spiro atoms. The number of aromatic nitrogens is 4. The summed E-state index contributed by atoms with van der Waals surface area (Å²) in [6.45, 7) is 5.19. The Morgan fingerprint density at radius 3 is 2.55 bits per heavy atom. The number of nitrogens with one attached hydrogen (secondary N) is 1. The molecular weight excluding hydrogens is 478 g/mol. The van der Waals surface area contributed by atoms with Crippen LogP contribution in [0.3, 0.4) is 0 Å². The van der Waals surface area contributed by atoms with Crippen molar-refractivity contribution in [3.8, 4) is 11.8 Å². The normalized spacial score (nSPS) is 14.4. The lowest BCUT2D eigenvalue weighted by molar-refractivity contribution is 0.334. The summed E-state index contributed by atoms with van der Waals surface area (Å²) >= 11 is 0. The first-order valence-corrected chi connectivity index (χ1v) is 12.9. The number of nitrogens with zero attached hydrogens (tertiary/aromatic N) is 6. The van der Waals surface area contributed by atoms with Crippen molar-refractivity contribution < 1.29 is 0 Å². The van der Waals surface area contributed by atoms with Crippen LogP contribution >= 0.6 is 0 Å². The Balaban J connectivity index is 1.58. The lowest BCUT2D eigenvalue weighted by Gasteiger charge is -2.21. The number of nitrogen functional groups attached to an aromatic ring is 2. The van der Waals surface area contributed by atoms with Gasteiger partial charge in [0.1, 0.15) is 23.3 Å². The summed E-state index contributed by atoms with van der Waals surface area (Å²) in [6.07, 6.45) is 4.31. The van der Waals surface area contributed by atoms with Crippen molar-refractivity contribution in [2.45, 2.75) is 38.6 Å². The molecule has 0 aliphatic carbocycles. The fourth-order valence-corrected chi connectivity index (χ4v) is 5.12. The Morgan fingerprint density at radius 2 is 1.82 bits per heavy atom. The first-order chi connectivity index (χ1) is 18.5. The van der Waals surface area contributed by atoms with Crippen molar-refractivity contribution in [2.24, 2.45) is 0 Å². The van der Waals surface area contributed by atoms with Gasteiger partial charge in [0.05, 0.1) is 22.6 Å². The number of nitriles is 1. The van der Waals surface area contributed by atoms with Crippen molar-refractivity contribution in [2.75, 3.05) is 36.4 Å². The first kappa shape index (κ1) is 25.2. The van der Waals surface area contributed by atoms with Crippen LogP contribution in [0.15, 0.2) is 53.3 Å². The molecule has 2 aromatic carbocycles. The second-order valence-electron chi connectivity index (χ2n) is 9.58. The van der Waals surface area contributed by atoms with Gasteiger partial charge in [0.2, 0.25) is 5.95 Å². The summed E-state index contributed by atoms with van der Waals surface area (Å²) in [4.78, 5) is 29.6. The number of benzene rings is 2. The van der Waals surface area contributed by atoms with E-state index in [1.807, 2.05) is 61.5 Å². The van der Waals surface area contributed by atoms with E-state index in [9.17, 15) is 10.1 Å². The molecule has 0 radical (unpaired) electrons. The molecule has 1 atom stereocenters. The molecule has 194 valence electrons. The largest absolute Gasteiger partial charge is 0.382 e. The van der Waals surface area contributed by atoms with Gasteiger partial charge < -0.3 is 21.7 Å². The average Bonchev–Trinajstić information content (AvgIpc) is 3.42. The number of rotatable bonds is 8. The molecule has 0 bridgehead atoms. The number of likely N-dealkylation sites (tertiary alicyclic amines) is 1. The second-order valence-corrected chi connectivity index (χ2v) is 9.58. The van der Waals surface area contributed by atoms with E-state index in [1.54, 1.807) is 4.57 Å². The van der Waals surface area contributed by atoms with Gasteiger partial charge in [0.25, 0.3) is 5.56 Å². The molecule has 0 amide bonds. The number of hydrogen-bond donors (Lipinski definition) is 3. The maximum Gasteiger partial charge on any atom is 0.266 e. The number of aryl methyl sites for hydroxylation is 1. The van der Waals surface area contributed by atoms with E-state index in [4.69, 9.17) is 16.5 Å². The maximum absolute atomic E-state index is 14.1. The van der Waals surface area contributed by atoms with Gasteiger partial charge in [-0.05, 0) is 76.0 Å². The standard InChI is InChI=1S/C28H31N9O/c1-18(32-25-21(17-29)24(30)34-28(31)35-25)26-33-22-13-7-9-19(10-8-16-36-14-5-6-15-36)23(22)27(38)37(26)20-11-3-2-4-12-20/h2-4,7,9,11-13,18H,5-6,8,10,14-16H2,1H3,(H5,30,31,32,34,35). The van der Waals surface area contributed by atoms with Crippen LogP contribution < -0.4 is 22.3 Å². The van der Waals surface area contributed by atoms with Gasteiger partial charge in [0, 0.05) is 0 Å². The number of nitrogens with two attached hydrogens (primary N) is 2. The van der Waals surface area contributed by atoms with Crippen LogP contribution in [-0.4, -0.2) is 44.1 Å². The van der Waals surface area contributed by atoms with Crippen molar-refractivity contribution >= 4 is 28.5 Å². The summed E-state index contributed by atoms with van der Waals surface area (Å²) in [5.41, 5.74) is 14.0. The summed E-state index contributed by atoms with van der Waals surface area (Å²) in [5, 5.41) is 13.4. The zero-order valence-electron chi connectivity index (χ0n) is 21.4. The summed E-state index contributed by atoms with van der Waals surface area (Å²) in [7, 11) is 0. The van der Waals surface area contributed by atoms with Crippen LogP contribution in [0.25, 0.3) is 16.6 Å². The molecule has 1 fully saturated rings. The van der Waals surface area contributed by atoms with E-state index in [0.717, 1.165) is 38.0 Å². The topological polar surface area (TPSA) is 152 Å². The molecule has 4 aromatic rings. The van der Waals surface area contributed by atoms with Crippen molar-refractivity contribution in [1.82, 2.24) is 24.4 Å². The van der Waals surface area contributed by atoms with Crippen molar-refractivity contribution in [3.05, 3.63) is 75.8 Å². The third-order valence-electron chi connectivity index (χ3n) is 6.95. The predicted octanol–water partition coefficient (Wildman–Crippen LogP) is 3.41. The summed E-state index contributed by atoms with van der Waals surface area (Å²) in [5.74, 6) is 0.596. The minimum Gasteiger partial charge on any atom is -0.382 e. The Morgan fingerprint density at radius 1 is 1.05 bits per heavy atom. The molecule has 10 nitrogen and oxygen atoms in total. The van der Waals surface area contributed by atoms with Crippen LogP contribution in [0.2, 0.25) is 0 Å². The number of hydrogen-bond acceptors (Lipinski definition) is 9. The third kappa shape index (κ3) is 5.01. The van der Waals surface area contributed by atoms with Crippen LogP contribution in [0.1, 0.15) is 49.2 Å². The van der Waals surface area contributed by atoms with Gasteiger partial charge in [-0.1, -0.05) is 30.3 Å². The molecule has 1 unspecified atom stereocenters. The van der Waals surface area contributed by atoms with E-state index >= 15 is 0 Å². The molecule has 38 heavy (non-hydrogen) atoms. The van der Waals surface area contributed by atoms with E-state index in [-0.39, 0.29) is 28.7 Å². The van der Waals surface area contributed by atoms with E-state index in [2.05, 4.69) is 20.2 Å². The van der Waals surface area contributed by atoms with Gasteiger partial charge >= 0.3 is 0 Å². The molecule has 1 aliphatic heterocycles. The van der Waals surface area contributed by atoms with Gasteiger partial charge in [-0.15, -0.1) is 0 Å². The Kier molecular flexibility index (Phi) is 7.20. The van der Waals surface area contributed by atoms with E-state index in [0.29, 0.717) is 22.4 Å². The minimum atomic E-state index is -0.521. The van der Waals surface area contributed by atoms with Crippen molar-refractivity contribution in [1.29, 1.82) is 5.26 Å². The highest BCUT2D eigenvalue weighted by atomic mass is 16.1. The first-order valence-electron chi connectivity index (χ1n) is 12.9. The molecule has 3 heterocycles. The Labute approximate surface area is 221 Å². The lowest BCUT2D eigenvalue weighted by atomic mass is 10.0. The van der Waals surface area contributed by atoms with E-state index in [1.165, 1.54) is 12.8 Å². The second kappa shape index (κ2) is 10.9. The molecule has 5 N–H and O–H groups in total. The maximum atomic E-state index is 14.1. The van der Waals surface area contributed by atoms with Crippen LogP contribution in [0.5, 0.6) is 0 Å². The zero-order chi connectivity index (χ0) is 26.6. The highest BCUT2D eigenvalue weighted by Crippen LogP contribution is 2.26. The van der Waals surface area contributed by atoms with Gasteiger partial charge in [-0.2, -0.15) is 15.2 Å². The van der Waals surface area contributed by atoms with Gasteiger partial charge in [-0.25, -0.2) is 4.98 Å². The van der Waals surface area contributed by atoms with Gasteiger partial charge in [-0.3, -0.25) is 9.36 Å². The third-order valence-corrected chi connectivity index (χ3v) is 6.95. The monoisotopic (exact) mass is 509 g/mol. The fraction of sp³-hybridized carbons (Fsp3) is 0.321. The molecule has 1 saturated heterocycles. The van der Waals surface area contributed by atoms with Crippen LogP contribution in [0.4, 0.5) is 17.6 Å². The molecule has 5 rings (SSSR count). The SMILES string of the molecule is CC(Nc1nc(N)nc(N)c1C#N)c1nc2cccc(CCCN3CCCC3)c2c(=O)n1-c1ccccc1. The quantitative estimate of drug-likeness (QED) is 0.324. The smallest absolute Gasteiger partial charge is 0.266 e. The average molecular weight is 510 g/mol. The molecule has 1 aliphatic rings. The summed E-state index contributed by atoms with van der Waals surface area (Å²) < 4.78 is 1.63. The Hall–Kier alpha value is -4.49. The highest BCUT2D eigenvalue weighted by Gasteiger charge is 2.22. The van der Waals surface area contributed by atoms with Crippen LogP contribution in [0, 0.1) is 11.3 Å². The number of para-hydroxylation sites is 1. The highest BCUT2D eigenvalue weighted by molar-refractivity contribution is 5.82. The predicted molar refractivity (Wildman–Crippen MR) is 149 cm³/mol. The molecule has 0 saturated carbocycles. The Bertz CT molecular complexity index is 1550. The lowest BCUT2D eigenvalue weighted by Crippen LogP contribution is -2.28. The molecule has 10 heteroatoms. The van der Waals surface area contributed by atoms with Crippen LogP contribution in [-0.2, 0) is 6.42 Å². The molecule has 2 aromatic heterocycles. The zero-order valence-corrected chi connectivity index (χ0v) is 21.4. The van der Waals surface area contributed by atoms with Gasteiger partial charge in [0.15, 0.2) is 5.82 Å². The fourth-order valence-electron chi connectivity index (χ4n) is 5.12. The van der Waals surface area contributed by atoms with E-state index < -0.39 is 6.04 Å². The summed E-state index contributed by atoms with van der Waals surface area (Å²) in [6, 6.07) is 16.8. The number of anilines is 3. The van der Waals surface area contributed by atoms with Crippen molar-refractivity contribution in [3.63, 3.8) is 0 Å². The minimum absolute atomic E-state index is 0.0137. The molecular formula is C28H31N9O. The number of fused-ring (bicyclic) bond motifs is 1.